The lowest BCUT2D eigenvalue weighted by molar-refractivity contribution is 0.240. The van der Waals surface area contributed by atoms with Gasteiger partial charge >= 0.3 is 0 Å². The highest BCUT2D eigenvalue weighted by atomic mass is 16.3. The average molecular weight is 377 g/mol. The molecule has 0 atom stereocenters. The fourth-order valence-electron chi connectivity index (χ4n) is 3.66. The van der Waals surface area contributed by atoms with Crippen molar-refractivity contribution in [3.8, 4) is 17.3 Å². The first-order valence-corrected chi connectivity index (χ1v) is 9.33. The maximum atomic E-state index is 12.5. The summed E-state index contributed by atoms with van der Waals surface area (Å²) in [7, 11) is 0. The molecule has 0 radical (unpaired) electrons. The Morgan fingerprint density at radius 3 is 2.57 bits per heavy atom. The first-order valence-electron chi connectivity index (χ1n) is 9.33. The fourth-order valence-corrected chi connectivity index (χ4v) is 3.66. The zero-order valence-corrected chi connectivity index (χ0v) is 16.3. The molecule has 2 aromatic heterocycles. The van der Waals surface area contributed by atoms with Crippen LogP contribution in [0.15, 0.2) is 29.3 Å². The molecule has 7 heteroatoms. The number of nitrogens with one attached hydrogen (secondary N) is 1. The summed E-state index contributed by atoms with van der Waals surface area (Å²) >= 11 is 0. The van der Waals surface area contributed by atoms with E-state index >= 15 is 0 Å². The van der Waals surface area contributed by atoms with Gasteiger partial charge in [0.1, 0.15) is 11.4 Å². The van der Waals surface area contributed by atoms with E-state index in [0.29, 0.717) is 30.2 Å². The lowest BCUT2D eigenvalue weighted by Crippen LogP contribution is -2.35. The van der Waals surface area contributed by atoms with Crippen LogP contribution in [-0.4, -0.2) is 36.5 Å². The molecule has 0 spiro atoms. The molecule has 144 valence electrons. The molecule has 28 heavy (non-hydrogen) atoms. The molecule has 1 aliphatic heterocycles. The molecule has 0 unspecified atom stereocenters. The first kappa shape index (κ1) is 18.3. The predicted molar refractivity (Wildman–Crippen MR) is 106 cm³/mol. The maximum absolute atomic E-state index is 12.5. The van der Waals surface area contributed by atoms with Gasteiger partial charge in [-0.25, -0.2) is 9.97 Å². The van der Waals surface area contributed by atoms with Crippen molar-refractivity contribution in [2.24, 2.45) is 0 Å². The molecule has 0 aliphatic carbocycles. The Balaban J connectivity index is 1.61. The minimum atomic E-state index is -0.0988. The van der Waals surface area contributed by atoms with Crippen LogP contribution in [0.3, 0.4) is 0 Å². The van der Waals surface area contributed by atoms with Crippen LogP contribution in [0.25, 0.3) is 11.5 Å². The number of phenols is 1. The Kier molecular flexibility index (Phi) is 4.68. The molecule has 1 aliphatic rings. The van der Waals surface area contributed by atoms with Crippen LogP contribution in [0, 0.1) is 20.8 Å². The van der Waals surface area contributed by atoms with Crippen LogP contribution in [0.5, 0.6) is 5.75 Å². The van der Waals surface area contributed by atoms with Gasteiger partial charge in [0.05, 0.1) is 17.6 Å². The van der Waals surface area contributed by atoms with E-state index in [2.05, 4.69) is 24.8 Å². The standard InChI is InChI=1S/C21H23N5O2/c1-12-6-15(7-13(2)19(12)27)10-26-5-4-16-18(11-26)24-20(25-21(16)28)17-9-22-14(3)8-23-17/h6-9,27H,4-5,10-11H2,1-3H3,(H,24,25,28). The molecule has 4 rings (SSSR count). The second-order valence-corrected chi connectivity index (χ2v) is 7.42. The summed E-state index contributed by atoms with van der Waals surface area (Å²) < 4.78 is 0. The van der Waals surface area contributed by atoms with Gasteiger partial charge in [-0.2, -0.15) is 0 Å². The summed E-state index contributed by atoms with van der Waals surface area (Å²) in [4.78, 5) is 30.9. The van der Waals surface area contributed by atoms with Crippen LogP contribution < -0.4 is 5.56 Å². The molecule has 7 nitrogen and oxygen atoms in total. The lowest BCUT2D eigenvalue weighted by Gasteiger charge is -2.28. The van der Waals surface area contributed by atoms with Gasteiger partial charge < -0.3 is 10.1 Å². The van der Waals surface area contributed by atoms with Gasteiger partial charge in [-0.3, -0.25) is 14.7 Å². The number of aromatic amines is 1. The van der Waals surface area contributed by atoms with Crippen LogP contribution in [0.1, 0.15) is 33.6 Å². The van der Waals surface area contributed by atoms with Crippen molar-refractivity contribution in [3.63, 3.8) is 0 Å². The quantitative estimate of drug-likeness (QED) is 0.728. The third-order valence-electron chi connectivity index (χ3n) is 5.13. The third kappa shape index (κ3) is 3.53. The predicted octanol–water partition coefficient (Wildman–Crippen LogP) is 2.42. The lowest BCUT2D eigenvalue weighted by atomic mass is 10.0. The van der Waals surface area contributed by atoms with E-state index in [1.807, 2.05) is 32.9 Å². The van der Waals surface area contributed by atoms with E-state index < -0.39 is 0 Å². The van der Waals surface area contributed by atoms with Crippen molar-refractivity contribution in [2.45, 2.75) is 40.3 Å². The van der Waals surface area contributed by atoms with Crippen LogP contribution in [0.2, 0.25) is 0 Å². The Bertz CT molecular complexity index is 1070. The molecular formula is C21H23N5O2. The molecule has 0 saturated heterocycles. The van der Waals surface area contributed by atoms with Crippen LogP contribution in [-0.2, 0) is 19.5 Å². The number of aryl methyl sites for hydroxylation is 3. The van der Waals surface area contributed by atoms with Gasteiger partial charge in [0.25, 0.3) is 5.56 Å². The Morgan fingerprint density at radius 1 is 1.14 bits per heavy atom. The third-order valence-corrected chi connectivity index (χ3v) is 5.13. The SMILES string of the molecule is Cc1cnc(-c2nc3c(c(=O)[nH]2)CCN(Cc2cc(C)c(O)c(C)c2)C3)cn1. The minimum Gasteiger partial charge on any atom is -0.507 e. The van der Waals surface area contributed by atoms with Crippen molar-refractivity contribution >= 4 is 0 Å². The number of rotatable bonds is 3. The Morgan fingerprint density at radius 2 is 1.89 bits per heavy atom. The molecule has 3 heterocycles. The number of benzene rings is 1. The van der Waals surface area contributed by atoms with Crippen molar-refractivity contribution in [2.75, 3.05) is 6.54 Å². The molecule has 0 fully saturated rings. The summed E-state index contributed by atoms with van der Waals surface area (Å²) in [5.74, 6) is 0.805. The van der Waals surface area contributed by atoms with Gasteiger partial charge in [0, 0.05) is 31.4 Å². The van der Waals surface area contributed by atoms with E-state index in [1.165, 1.54) is 0 Å². The van der Waals surface area contributed by atoms with E-state index in [9.17, 15) is 9.90 Å². The molecule has 0 saturated carbocycles. The summed E-state index contributed by atoms with van der Waals surface area (Å²) in [6.45, 7) is 7.82. The molecule has 0 amide bonds. The number of aromatic nitrogens is 4. The molecular weight excluding hydrogens is 354 g/mol. The number of nitrogens with zero attached hydrogens (tertiary/aromatic N) is 4. The minimum absolute atomic E-state index is 0.0988. The number of H-pyrrole nitrogens is 1. The molecule has 3 aromatic rings. The van der Waals surface area contributed by atoms with Crippen LogP contribution in [0.4, 0.5) is 0 Å². The topological polar surface area (TPSA) is 95.0 Å². The second-order valence-electron chi connectivity index (χ2n) is 7.42. The fraction of sp³-hybridized carbons (Fsp3) is 0.333. The van der Waals surface area contributed by atoms with Crippen molar-refractivity contribution in [3.05, 3.63) is 68.5 Å². The highest BCUT2D eigenvalue weighted by molar-refractivity contribution is 5.48. The zero-order chi connectivity index (χ0) is 19.8. The number of aromatic hydroxyl groups is 1. The summed E-state index contributed by atoms with van der Waals surface area (Å²) in [6, 6.07) is 4.02. The highest BCUT2D eigenvalue weighted by Gasteiger charge is 2.22. The summed E-state index contributed by atoms with van der Waals surface area (Å²) in [6.07, 6.45) is 3.95. The highest BCUT2D eigenvalue weighted by Crippen LogP contribution is 2.25. The van der Waals surface area contributed by atoms with Gasteiger partial charge in [-0.15, -0.1) is 0 Å². The molecule has 0 bridgehead atoms. The number of hydrogen-bond acceptors (Lipinski definition) is 6. The smallest absolute Gasteiger partial charge is 0.254 e. The summed E-state index contributed by atoms with van der Waals surface area (Å²) in [5.41, 5.74) is 5.72. The van der Waals surface area contributed by atoms with E-state index in [1.54, 1.807) is 12.4 Å². The second kappa shape index (κ2) is 7.16. The summed E-state index contributed by atoms with van der Waals surface area (Å²) in [5, 5.41) is 9.98. The van der Waals surface area contributed by atoms with E-state index in [0.717, 1.165) is 46.7 Å². The Hall–Kier alpha value is -3.06. The normalized spacial score (nSPS) is 14.1. The van der Waals surface area contributed by atoms with Gasteiger partial charge in [0.2, 0.25) is 0 Å². The van der Waals surface area contributed by atoms with Crippen molar-refractivity contribution in [1.29, 1.82) is 0 Å². The number of fused-ring (bicyclic) bond motifs is 1. The van der Waals surface area contributed by atoms with Gasteiger partial charge in [-0.1, -0.05) is 12.1 Å². The molecule has 1 aromatic carbocycles. The van der Waals surface area contributed by atoms with E-state index in [4.69, 9.17) is 0 Å². The largest absolute Gasteiger partial charge is 0.507 e. The van der Waals surface area contributed by atoms with Crippen molar-refractivity contribution in [1.82, 2.24) is 24.8 Å². The monoisotopic (exact) mass is 377 g/mol. The Labute approximate surface area is 163 Å². The van der Waals surface area contributed by atoms with Crippen LogP contribution >= 0.6 is 0 Å². The maximum Gasteiger partial charge on any atom is 0.254 e. The number of hydrogen-bond donors (Lipinski definition) is 2. The average Bonchev–Trinajstić information content (AvgIpc) is 2.66. The first-order chi connectivity index (χ1) is 13.4. The molecule has 2 N–H and O–H groups in total. The van der Waals surface area contributed by atoms with Gasteiger partial charge in [-0.05, 0) is 43.9 Å². The number of phenolic OH excluding ortho intramolecular Hbond substituents is 1. The van der Waals surface area contributed by atoms with Gasteiger partial charge in [0.15, 0.2) is 5.82 Å². The van der Waals surface area contributed by atoms with E-state index in [-0.39, 0.29) is 5.56 Å². The zero-order valence-electron chi connectivity index (χ0n) is 16.3. The van der Waals surface area contributed by atoms with Crippen molar-refractivity contribution < 1.29 is 5.11 Å².